The van der Waals surface area contributed by atoms with E-state index in [4.69, 9.17) is 5.73 Å². The number of anilines is 1. The fourth-order valence-electron chi connectivity index (χ4n) is 2.17. The van der Waals surface area contributed by atoms with Crippen LogP contribution >= 0.6 is 11.8 Å². The van der Waals surface area contributed by atoms with E-state index in [0.29, 0.717) is 17.1 Å². The maximum absolute atomic E-state index is 13.0. The summed E-state index contributed by atoms with van der Waals surface area (Å²) in [6.45, 7) is 5.84. The van der Waals surface area contributed by atoms with Crippen molar-refractivity contribution in [3.05, 3.63) is 72.0 Å². The number of thioether (sulfide) groups is 1. The minimum Gasteiger partial charge on any atom is -0.384 e. The van der Waals surface area contributed by atoms with E-state index in [1.807, 2.05) is 19.1 Å². The van der Waals surface area contributed by atoms with E-state index in [0.717, 1.165) is 16.2 Å². The van der Waals surface area contributed by atoms with Crippen molar-refractivity contribution in [2.45, 2.75) is 12.2 Å². The van der Waals surface area contributed by atoms with Crippen LogP contribution in [0.5, 0.6) is 0 Å². The van der Waals surface area contributed by atoms with Crippen LogP contribution in [0, 0.1) is 17.8 Å². The summed E-state index contributed by atoms with van der Waals surface area (Å²) in [7, 11) is 0. The van der Waals surface area contributed by atoms with Crippen LogP contribution in [0.2, 0.25) is 0 Å². The van der Waals surface area contributed by atoms with E-state index in [1.54, 1.807) is 18.3 Å². The highest BCUT2D eigenvalue weighted by Gasteiger charge is 2.19. The number of nitrogens with zero attached hydrogens (tertiary/aromatic N) is 3. The Hall–Kier alpha value is -2.91. The average Bonchev–Trinajstić information content (AvgIpc) is 2.63. The van der Waals surface area contributed by atoms with Crippen LogP contribution in [0.15, 0.2) is 59.9 Å². The van der Waals surface area contributed by atoms with Crippen molar-refractivity contribution in [1.29, 1.82) is 0 Å². The third kappa shape index (κ3) is 3.95. The van der Waals surface area contributed by atoms with Crippen LogP contribution in [0.3, 0.4) is 0 Å². The standard InChI is InChI=1S/C19H15FN4S/c1-3-15(13-5-8-17(20)22-10-13)24-19-12(2)4-7-16(25-19)14-6-9-18(21)23-11-14/h3,5-6,8-11,16H,2H2,1H3,(H2,21,23)/b15-3-,24-19+. The van der Waals surface area contributed by atoms with Crippen molar-refractivity contribution >= 4 is 28.3 Å². The molecule has 4 nitrogen and oxygen atoms in total. The van der Waals surface area contributed by atoms with Gasteiger partial charge in [-0.1, -0.05) is 42.3 Å². The minimum absolute atomic E-state index is 0.0956. The molecule has 0 aliphatic carbocycles. The monoisotopic (exact) mass is 350 g/mol. The lowest BCUT2D eigenvalue weighted by molar-refractivity contribution is 0.583. The highest BCUT2D eigenvalue weighted by Crippen LogP contribution is 2.35. The number of hydrogen-bond donors (Lipinski definition) is 1. The summed E-state index contributed by atoms with van der Waals surface area (Å²) >= 11 is 1.50. The largest absolute Gasteiger partial charge is 0.384 e. The van der Waals surface area contributed by atoms with Gasteiger partial charge in [0, 0.05) is 23.5 Å². The molecule has 1 aliphatic heterocycles. The summed E-state index contributed by atoms with van der Waals surface area (Å²) < 4.78 is 13.0. The fraction of sp³-hybridized carbons (Fsp3) is 0.105. The molecule has 0 saturated carbocycles. The Morgan fingerprint density at radius 3 is 2.80 bits per heavy atom. The number of hydrogen-bond acceptors (Lipinski definition) is 5. The van der Waals surface area contributed by atoms with Gasteiger partial charge in [-0.25, -0.2) is 15.0 Å². The van der Waals surface area contributed by atoms with Gasteiger partial charge in [0.2, 0.25) is 5.95 Å². The average molecular weight is 350 g/mol. The van der Waals surface area contributed by atoms with Crippen molar-refractivity contribution in [2.75, 3.05) is 5.73 Å². The number of aliphatic imine (C=N–C) groups is 1. The van der Waals surface area contributed by atoms with E-state index >= 15 is 0 Å². The Balaban J connectivity index is 1.89. The van der Waals surface area contributed by atoms with Gasteiger partial charge < -0.3 is 5.73 Å². The van der Waals surface area contributed by atoms with Crippen LogP contribution in [0.1, 0.15) is 23.3 Å². The summed E-state index contributed by atoms with van der Waals surface area (Å²) in [6.07, 6.45) is 5.02. The zero-order valence-electron chi connectivity index (χ0n) is 13.5. The topological polar surface area (TPSA) is 64.2 Å². The number of pyridine rings is 2. The molecule has 2 aromatic heterocycles. The molecule has 1 aliphatic rings. The second-order valence-electron chi connectivity index (χ2n) is 5.22. The lowest BCUT2D eigenvalue weighted by Gasteiger charge is -2.16. The molecule has 0 aromatic carbocycles. The van der Waals surface area contributed by atoms with E-state index < -0.39 is 5.95 Å². The Labute approximate surface area is 149 Å². The Bertz CT molecular complexity index is 919. The molecule has 0 spiro atoms. The predicted molar refractivity (Wildman–Crippen MR) is 101 cm³/mol. The van der Waals surface area contributed by atoms with Crippen LogP contribution in [-0.4, -0.2) is 15.0 Å². The van der Waals surface area contributed by atoms with Crippen molar-refractivity contribution < 1.29 is 4.39 Å². The molecule has 124 valence electrons. The highest BCUT2D eigenvalue weighted by atomic mass is 32.2. The summed E-state index contributed by atoms with van der Waals surface area (Å²) in [5.41, 5.74) is 8.66. The normalized spacial score (nSPS) is 18.8. The van der Waals surface area contributed by atoms with Gasteiger partial charge in [0.1, 0.15) is 10.9 Å². The first kappa shape index (κ1) is 16.9. The smallest absolute Gasteiger partial charge is 0.212 e. The first-order chi connectivity index (χ1) is 12.1. The molecule has 2 aromatic rings. The van der Waals surface area contributed by atoms with E-state index in [-0.39, 0.29) is 5.25 Å². The van der Waals surface area contributed by atoms with Gasteiger partial charge in [-0.2, -0.15) is 4.39 Å². The number of nitrogen functional groups attached to an aromatic ring is 1. The molecule has 0 amide bonds. The molecular formula is C19H15FN4S. The lowest BCUT2D eigenvalue weighted by Crippen LogP contribution is -2.06. The molecule has 2 N–H and O–H groups in total. The third-order valence-electron chi connectivity index (χ3n) is 3.47. The third-order valence-corrected chi connectivity index (χ3v) is 4.66. The first-order valence-electron chi connectivity index (χ1n) is 7.52. The van der Waals surface area contributed by atoms with Gasteiger partial charge in [0.25, 0.3) is 0 Å². The maximum atomic E-state index is 13.0. The zero-order chi connectivity index (χ0) is 17.8. The van der Waals surface area contributed by atoms with Crippen LogP contribution in [0.25, 0.3) is 5.70 Å². The zero-order valence-corrected chi connectivity index (χ0v) is 14.3. The Morgan fingerprint density at radius 2 is 2.16 bits per heavy atom. The highest BCUT2D eigenvalue weighted by molar-refractivity contribution is 8.14. The molecule has 0 saturated heterocycles. The quantitative estimate of drug-likeness (QED) is 0.671. The predicted octanol–water partition coefficient (Wildman–Crippen LogP) is 4.00. The molecule has 0 radical (unpaired) electrons. The molecule has 6 heteroatoms. The lowest BCUT2D eigenvalue weighted by atomic mass is 10.2. The number of aromatic nitrogens is 2. The van der Waals surface area contributed by atoms with E-state index in [1.165, 1.54) is 24.0 Å². The number of allylic oxidation sites excluding steroid dienone is 1. The molecule has 0 bridgehead atoms. The molecular weight excluding hydrogens is 335 g/mol. The second kappa shape index (κ2) is 7.32. The van der Waals surface area contributed by atoms with Crippen LogP contribution in [0.4, 0.5) is 10.2 Å². The van der Waals surface area contributed by atoms with Gasteiger partial charge in [-0.05, 0) is 30.7 Å². The summed E-state index contributed by atoms with van der Waals surface area (Å²) in [5, 5.41) is 0.625. The minimum atomic E-state index is -0.523. The molecule has 3 heterocycles. The number of halogens is 1. The molecule has 25 heavy (non-hydrogen) atoms. The van der Waals surface area contributed by atoms with Crippen LogP contribution in [-0.2, 0) is 0 Å². The summed E-state index contributed by atoms with van der Waals surface area (Å²) in [4.78, 5) is 12.4. The van der Waals surface area contributed by atoms with Crippen molar-refractivity contribution in [1.82, 2.24) is 9.97 Å². The van der Waals surface area contributed by atoms with Gasteiger partial charge in [-0.15, -0.1) is 0 Å². The van der Waals surface area contributed by atoms with E-state index in [9.17, 15) is 4.39 Å². The molecule has 3 rings (SSSR count). The fourth-order valence-corrected chi connectivity index (χ4v) is 3.13. The molecule has 1 unspecified atom stereocenters. The SMILES string of the molecule is C=C1C#CC(c2ccc(N)nc2)S/C1=N/C(=C\C)c1ccc(F)nc1. The maximum Gasteiger partial charge on any atom is 0.212 e. The van der Waals surface area contributed by atoms with Gasteiger partial charge >= 0.3 is 0 Å². The Kier molecular flexibility index (Phi) is 4.96. The van der Waals surface area contributed by atoms with Crippen molar-refractivity contribution in [3.8, 4) is 11.8 Å². The molecule has 0 fully saturated rings. The van der Waals surface area contributed by atoms with Crippen LogP contribution < -0.4 is 5.73 Å². The Morgan fingerprint density at radius 1 is 1.32 bits per heavy atom. The van der Waals surface area contributed by atoms with Crippen molar-refractivity contribution in [3.63, 3.8) is 0 Å². The second-order valence-corrected chi connectivity index (χ2v) is 6.32. The number of rotatable bonds is 3. The van der Waals surface area contributed by atoms with Crippen molar-refractivity contribution in [2.24, 2.45) is 4.99 Å². The van der Waals surface area contributed by atoms with Gasteiger partial charge in [-0.3, -0.25) is 0 Å². The first-order valence-corrected chi connectivity index (χ1v) is 8.40. The van der Waals surface area contributed by atoms with Gasteiger partial charge in [0.15, 0.2) is 0 Å². The summed E-state index contributed by atoms with van der Waals surface area (Å²) in [6, 6.07) is 6.61. The summed E-state index contributed by atoms with van der Waals surface area (Å²) in [5.74, 6) is 6.12. The molecule has 1 atom stereocenters. The van der Waals surface area contributed by atoms with E-state index in [2.05, 4.69) is 33.4 Å². The van der Waals surface area contributed by atoms with Gasteiger partial charge in [0.05, 0.1) is 10.9 Å². The number of nitrogens with two attached hydrogens (primary N) is 1.